The monoisotopic (exact) mass is 614 g/mol. The number of aliphatic carboxylic acids is 2. The minimum atomic E-state index is -1.16. The highest BCUT2D eigenvalue weighted by atomic mass is 16.5. The molecule has 8 nitrogen and oxygen atoms in total. The van der Waals surface area contributed by atoms with Crippen LogP contribution in [0.2, 0.25) is 0 Å². The average molecular weight is 615 g/mol. The molecule has 0 saturated heterocycles. The summed E-state index contributed by atoms with van der Waals surface area (Å²) < 4.78 is 6.17. The third-order valence-electron chi connectivity index (χ3n) is 14.6. The second-order valence-electron chi connectivity index (χ2n) is 17.1. The van der Waals surface area contributed by atoms with E-state index in [-0.39, 0.29) is 52.2 Å². The molecule has 5 aliphatic rings. The summed E-state index contributed by atoms with van der Waals surface area (Å²) in [7, 11) is 0. The Kier molecular flexibility index (Phi) is 8.68. The molecule has 0 aromatic rings. The standard InChI is InChI=1S/C35H54O6.CO2/c1-20(2)21-12-15-35(29(39)40)17-16-33(8)22(27(21)35)10-11-24-32(7)18-25(41-26(36)19-30(3,4)28(37)38)31(5,6)23(32)13-14-34(24,33)9;2-1-3/h21-25,27H,1,10-19H2,2-9H3,(H,37,38)(H,39,40);/t21-,22?,23-,24+,25-,27?,32-,33+,34+,35-;/m0./s1. The summed E-state index contributed by atoms with van der Waals surface area (Å²) in [6.07, 6.45) is 8.46. The Morgan fingerprint density at radius 3 is 2.05 bits per heavy atom. The zero-order chi connectivity index (χ0) is 33.3. The Labute approximate surface area is 262 Å². The first-order valence-corrected chi connectivity index (χ1v) is 16.5. The van der Waals surface area contributed by atoms with Crippen molar-refractivity contribution in [2.24, 2.45) is 62.1 Å². The van der Waals surface area contributed by atoms with Crippen LogP contribution in [0.4, 0.5) is 0 Å². The summed E-state index contributed by atoms with van der Waals surface area (Å²) >= 11 is 0. The van der Waals surface area contributed by atoms with E-state index >= 15 is 0 Å². The van der Waals surface area contributed by atoms with Crippen molar-refractivity contribution in [2.75, 3.05) is 0 Å². The van der Waals surface area contributed by atoms with Crippen molar-refractivity contribution in [3.63, 3.8) is 0 Å². The van der Waals surface area contributed by atoms with Gasteiger partial charge in [0.1, 0.15) is 6.10 Å². The number of carbonyl (C=O) groups excluding carboxylic acids is 3. The Morgan fingerprint density at radius 1 is 0.886 bits per heavy atom. The van der Waals surface area contributed by atoms with E-state index in [4.69, 9.17) is 14.3 Å². The average Bonchev–Trinajstić information content (AvgIpc) is 3.38. The molecular formula is C36H54O8. The molecule has 5 aliphatic carbocycles. The maximum atomic E-state index is 13.0. The minimum absolute atomic E-state index is 0.00249. The highest BCUT2D eigenvalue weighted by Gasteiger charge is 2.73. The van der Waals surface area contributed by atoms with E-state index in [0.717, 1.165) is 63.4 Å². The van der Waals surface area contributed by atoms with Gasteiger partial charge in [-0.15, -0.1) is 0 Å². The third kappa shape index (κ3) is 4.80. The van der Waals surface area contributed by atoms with Gasteiger partial charge >= 0.3 is 24.1 Å². The van der Waals surface area contributed by atoms with Crippen LogP contribution in [0.25, 0.3) is 0 Å². The number of esters is 1. The highest BCUT2D eigenvalue weighted by Crippen LogP contribution is 2.78. The molecule has 5 fully saturated rings. The summed E-state index contributed by atoms with van der Waals surface area (Å²) in [4.78, 5) is 53.8. The van der Waals surface area contributed by atoms with Gasteiger partial charge in [-0.05, 0) is 124 Å². The zero-order valence-electron chi connectivity index (χ0n) is 28.1. The topological polar surface area (TPSA) is 135 Å². The number of hydrogen-bond acceptors (Lipinski definition) is 6. The lowest BCUT2D eigenvalue weighted by Crippen LogP contribution is -2.64. The Morgan fingerprint density at radius 2 is 1.50 bits per heavy atom. The lowest BCUT2D eigenvalue weighted by Gasteiger charge is -2.70. The first kappa shape index (κ1) is 34.4. The van der Waals surface area contributed by atoms with E-state index in [9.17, 15) is 24.6 Å². The molecule has 2 unspecified atom stereocenters. The SMILES string of the molecule is C=C(C)[C@@H]1CC[C@]2(C(=O)O)CC[C@]3(C)C(CC[C@@H]4[C@@]5(C)C[C@H](OC(=O)CC(C)(C)C(=O)O)C(C)(C)[C@@H]5CC[C@]43C)C12.O=C=O. The molecule has 0 aromatic heterocycles. The summed E-state index contributed by atoms with van der Waals surface area (Å²) in [5.41, 5.74) is -0.684. The molecule has 0 spiro atoms. The van der Waals surface area contributed by atoms with Gasteiger partial charge in [-0.2, -0.15) is 9.59 Å². The Balaban J connectivity index is 0.00000141. The van der Waals surface area contributed by atoms with Crippen molar-refractivity contribution in [1.82, 2.24) is 0 Å². The molecule has 5 saturated carbocycles. The molecule has 246 valence electrons. The molecule has 44 heavy (non-hydrogen) atoms. The van der Waals surface area contributed by atoms with Gasteiger partial charge in [-0.25, -0.2) is 0 Å². The van der Waals surface area contributed by atoms with E-state index in [1.54, 1.807) is 13.8 Å². The second kappa shape index (κ2) is 11.1. The normalized spacial score (nSPS) is 43.5. The highest BCUT2D eigenvalue weighted by molar-refractivity contribution is 5.81. The zero-order valence-corrected chi connectivity index (χ0v) is 28.1. The van der Waals surface area contributed by atoms with E-state index < -0.39 is 28.7 Å². The molecule has 0 aliphatic heterocycles. The van der Waals surface area contributed by atoms with Gasteiger partial charge in [0, 0.05) is 5.41 Å². The van der Waals surface area contributed by atoms with E-state index in [1.165, 1.54) is 0 Å². The maximum Gasteiger partial charge on any atom is 0.373 e. The summed E-state index contributed by atoms with van der Waals surface area (Å²) in [6.45, 7) is 21.6. The van der Waals surface area contributed by atoms with Crippen LogP contribution in [0.5, 0.6) is 0 Å². The predicted octanol–water partition coefficient (Wildman–Crippen LogP) is 7.17. The lowest BCUT2D eigenvalue weighted by atomic mass is 9.34. The van der Waals surface area contributed by atoms with Crippen LogP contribution in [0.15, 0.2) is 12.2 Å². The largest absolute Gasteiger partial charge is 0.481 e. The van der Waals surface area contributed by atoms with Gasteiger partial charge < -0.3 is 14.9 Å². The first-order valence-electron chi connectivity index (χ1n) is 16.5. The lowest BCUT2D eigenvalue weighted by molar-refractivity contribution is -0.221. The fourth-order valence-corrected chi connectivity index (χ4v) is 12.1. The van der Waals surface area contributed by atoms with Crippen LogP contribution in [0.3, 0.4) is 0 Å². The molecule has 2 N–H and O–H groups in total. The van der Waals surface area contributed by atoms with Gasteiger partial charge in [0.15, 0.2) is 0 Å². The molecule has 10 atom stereocenters. The molecule has 5 rings (SSSR count). The fourth-order valence-electron chi connectivity index (χ4n) is 12.1. The fraction of sp³-hybridized carbons (Fsp3) is 0.833. The summed E-state index contributed by atoms with van der Waals surface area (Å²) in [5, 5.41) is 20.1. The molecule has 0 radical (unpaired) electrons. The molecule has 0 amide bonds. The van der Waals surface area contributed by atoms with Gasteiger partial charge in [0.2, 0.25) is 0 Å². The molecule has 0 heterocycles. The Bertz CT molecular complexity index is 1240. The van der Waals surface area contributed by atoms with Crippen molar-refractivity contribution < 1.29 is 38.9 Å². The second-order valence-corrected chi connectivity index (χ2v) is 17.1. The first-order chi connectivity index (χ1) is 20.2. The Hall–Kier alpha value is -2.47. The van der Waals surface area contributed by atoms with Crippen LogP contribution in [-0.2, 0) is 28.7 Å². The number of rotatable bonds is 6. The molecule has 8 heteroatoms. The van der Waals surface area contributed by atoms with Crippen molar-refractivity contribution in [1.29, 1.82) is 0 Å². The number of hydrogen-bond donors (Lipinski definition) is 2. The van der Waals surface area contributed by atoms with Crippen molar-refractivity contribution in [2.45, 2.75) is 126 Å². The van der Waals surface area contributed by atoms with Crippen LogP contribution >= 0.6 is 0 Å². The molecule has 0 aromatic carbocycles. The number of carbonyl (C=O) groups is 3. The van der Waals surface area contributed by atoms with E-state index in [1.807, 2.05) is 0 Å². The maximum absolute atomic E-state index is 13.0. The van der Waals surface area contributed by atoms with Gasteiger partial charge in [0.25, 0.3) is 0 Å². The van der Waals surface area contributed by atoms with Crippen LogP contribution in [0, 0.1) is 62.1 Å². The van der Waals surface area contributed by atoms with Gasteiger partial charge in [0.05, 0.1) is 17.3 Å². The van der Waals surface area contributed by atoms with Crippen LogP contribution in [-0.4, -0.2) is 40.4 Å². The number of ether oxygens (including phenoxy) is 1. The van der Waals surface area contributed by atoms with Crippen molar-refractivity contribution in [3.8, 4) is 0 Å². The van der Waals surface area contributed by atoms with Crippen molar-refractivity contribution >= 4 is 24.1 Å². The molecular weight excluding hydrogens is 560 g/mol. The van der Waals surface area contributed by atoms with Gasteiger partial charge in [-0.1, -0.05) is 46.8 Å². The minimum Gasteiger partial charge on any atom is -0.481 e. The number of carboxylic acids is 2. The number of allylic oxidation sites excluding steroid dienone is 1. The smallest absolute Gasteiger partial charge is 0.373 e. The van der Waals surface area contributed by atoms with E-state index in [2.05, 4.69) is 48.1 Å². The van der Waals surface area contributed by atoms with E-state index in [0.29, 0.717) is 17.8 Å². The third-order valence-corrected chi connectivity index (χ3v) is 14.6. The van der Waals surface area contributed by atoms with Crippen LogP contribution in [0.1, 0.15) is 120 Å². The molecule has 0 bridgehead atoms. The summed E-state index contributed by atoms with van der Waals surface area (Å²) in [5.74, 6) is -0.301. The number of carboxylic acid groups (broad SMARTS) is 2. The van der Waals surface area contributed by atoms with Crippen molar-refractivity contribution in [3.05, 3.63) is 12.2 Å². The van der Waals surface area contributed by atoms with Gasteiger partial charge in [-0.3, -0.25) is 14.4 Å². The number of fused-ring (bicyclic) bond motifs is 7. The van der Waals surface area contributed by atoms with Crippen LogP contribution < -0.4 is 0 Å². The predicted molar refractivity (Wildman–Crippen MR) is 163 cm³/mol. The quantitative estimate of drug-likeness (QED) is 0.238. The summed E-state index contributed by atoms with van der Waals surface area (Å²) in [6, 6.07) is 0.